The van der Waals surface area contributed by atoms with Crippen molar-refractivity contribution in [2.45, 2.75) is 63.7 Å². The largest absolute Gasteiger partial charge is 0.362 e. The maximum Gasteiger partial charge on any atom is 0.249 e. The molecule has 128 valence electrons. The van der Waals surface area contributed by atoms with Crippen molar-refractivity contribution in [3.05, 3.63) is 22.4 Å². The lowest BCUT2D eigenvalue weighted by atomic mass is 9.88. The zero-order valence-electron chi connectivity index (χ0n) is 14.2. The van der Waals surface area contributed by atoms with Gasteiger partial charge in [-0.05, 0) is 57.4 Å². The Morgan fingerprint density at radius 1 is 1.43 bits per heavy atom. The van der Waals surface area contributed by atoms with Crippen LogP contribution in [0.2, 0.25) is 0 Å². The first-order chi connectivity index (χ1) is 11.1. The SMILES string of the molecule is CC(C)N1CCC2(CCC(C(=O)NCCc3cccs3)O2)CC1. The first-order valence-electron chi connectivity index (χ1n) is 8.80. The maximum atomic E-state index is 12.3. The minimum atomic E-state index is -0.246. The fraction of sp³-hybridized carbons (Fsp3) is 0.722. The molecule has 1 aromatic rings. The van der Waals surface area contributed by atoms with E-state index in [0.29, 0.717) is 12.6 Å². The molecule has 2 saturated heterocycles. The van der Waals surface area contributed by atoms with E-state index >= 15 is 0 Å². The molecule has 1 unspecified atom stereocenters. The lowest BCUT2D eigenvalue weighted by Gasteiger charge is -2.40. The van der Waals surface area contributed by atoms with Gasteiger partial charge in [0.15, 0.2) is 0 Å². The smallest absolute Gasteiger partial charge is 0.249 e. The zero-order chi connectivity index (χ0) is 16.3. The molecule has 0 saturated carbocycles. The Bertz CT molecular complexity index is 507. The van der Waals surface area contributed by atoms with E-state index < -0.39 is 0 Å². The quantitative estimate of drug-likeness (QED) is 0.899. The summed E-state index contributed by atoms with van der Waals surface area (Å²) < 4.78 is 6.23. The summed E-state index contributed by atoms with van der Waals surface area (Å²) in [6, 6.07) is 4.76. The van der Waals surface area contributed by atoms with Gasteiger partial charge in [-0.3, -0.25) is 4.79 Å². The second-order valence-electron chi connectivity index (χ2n) is 7.08. The standard InChI is InChI=1S/C18H28N2O2S/c1-14(2)20-11-8-18(9-12-20)7-5-16(22-18)17(21)19-10-6-15-4-3-13-23-15/h3-4,13-14,16H,5-12H2,1-2H3,(H,19,21). The van der Waals surface area contributed by atoms with Crippen LogP contribution in [-0.4, -0.2) is 48.2 Å². The third-order valence-electron chi connectivity index (χ3n) is 5.24. The number of piperidine rings is 1. The van der Waals surface area contributed by atoms with Crippen molar-refractivity contribution in [2.24, 2.45) is 0 Å². The molecule has 0 radical (unpaired) electrons. The van der Waals surface area contributed by atoms with Gasteiger partial charge in [0.05, 0.1) is 5.60 Å². The van der Waals surface area contributed by atoms with E-state index in [4.69, 9.17) is 4.74 Å². The molecule has 3 heterocycles. The number of thiophene rings is 1. The van der Waals surface area contributed by atoms with Crippen LogP contribution in [0, 0.1) is 0 Å². The third kappa shape index (κ3) is 4.14. The molecule has 2 aliphatic rings. The normalized spacial score (nSPS) is 24.4. The minimum Gasteiger partial charge on any atom is -0.362 e. The molecular formula is C18H28N2O2S. The van der Waals surface area contributed by atoms with Gasteiger partial charge in [0, 0.05) is 30.6 Å². The van der Waals surface area contributed by atoms with Crippen LogP contribution in [0.25, 0.3) is 0 Å². The molecule has 0 aromatic carbocycles. The molecule has 2 fully saturated rings. The monoisotopic (exact) mass is 336 g/mol. The highest BCUT2D eigenvalue weighted by Gasteiger charge is 2.44. The number of rotatable bonds is 5. The van der Waals surface area contributed by atoms with Gasteiger partial charge < -0.3 is 15.0 Å². The lowest BCUT2D eigenvalue weighted by molar-refractivity contribution is -0.141. The summed E-state index contributed by atoms with van der Waals surface area (Å²) in [6.07, 6.45) is 4.68. The van der Waals surface area contributed by atoms with Crippen LogP contribution >= 0.6 is 11.3 Å². The van der Waals surface area contributed by atoms with Crippen molar-refractivity contribution in [1.82, 2.24) is 10.2 Å². The van der Waals surface area contributed by atoms with E-state index in [2.05, 4.69) is 41.6 Å². The number of likely N-dealkylation sites (tertiary alicyclic amines) is 1. The van der Waals surface area contributed by atoms with Gasteiger partial charge in [0.2, 0.25) is 5.91 Å². The summed E-state index contributed by atoms with van der Waals surface area (Å²) >= 11 is 1.74. The van der Waals surface area contributed by atoms with Crippen LogP contribution in [0.4, 0.5) is 0 Å². The number of carbonyl (C=O) groups is 1. The number of hydrogen-bond donors (Lipinski definition) is 1. The third-order valence-corrected chi connectivity index (χ3v) is 6.17. The Hall–Kier alpha value is -0.910. The van der Waals surface area contributed by atoms with Gasteiger partial charge in [-0.25, -0.2) is 0 Å². The molecule has 1 N–H and O–H groups in total. The average Bonchev–Trinajstić information content (AvgIpc) is 3.18. The summed E-state index contributed by atoms with van der Waals surface area (Å²) in [5.41, 5.74) is -0.0405. The number of amides is 1. The molecule has 0 aliphatic carbocycles. The Balaban J connectivity index is 1.43. The van der Waals surface area contributed by atoms with E-state index in [9.17, 15) is 4.79 Å². The Labute approximate surface area is 143 Å². The zero-order valence-corrected chi connectivity index (χ0v) is 15.0. The van der Waals surface area contributed by atoms with Gasteiger partial charge in [-0.2, -0.15) is 0 Å². The molecule has 5 heteroatoms. The number of nitrogens with one attached hydrogen (secondary N) is 1. The predicted octanol–water partition coefficient (Wildman–Crippen LogP) is 2.83. The number of nitrogens with zero attached hydrogens (tertiary/aromatic N) is 1. The van der Waals surface area contributed by atoms with Gasteiger partial charge in [0.25, 0.3) is 0 Å². The average molecular weight is 337 g/mol. The fourth-order valence-corrected chi connectivity index (χ4v) is 4.40. The highest BCUT2D eigenvalue weighted by Crippen LogP contribution is 2.39. The predicted molar refractivity (Wildman–Crippen MR) is 93.8 cm³/mol. The molecule has 1 amide bonds. The summed E-state index contributed by atoms with van der Waals surface area (Å²) in [6.45, 7) is 7.37. The number of hydrogen-bond acceptors (Lipinski definition) is 4. The van der Waals surface area contributed by atoms with Crippen molar-refractivity contribution in [2.75, 3.05) is 19.6 Å². The van der Waals surface area contributed by atoms with Crippen LogP contribution in [0.1, 0.15) is 44.4 Å². The van der Waals surface area contributed by atoms with E-state index in [0.717, 1.165) is 45.2 Å². The van der Waals surface area contributed by atoms with E-state index in [-0.39, 0.29) is 17.6 Å². The Morgan fingerprint density at radius 2 is 2.22 bits per heavy atom. The summed E-state index contributed by atoms with van der Waals surface area (Å²) in [5.74, 6) is 0.0738. The summed E-state index contributed by atoms with van der Waals surface area (Å²) in [4.78, 5) is 16.1. The summed E-state index contributed by atoms with van der Waals surface area (Å²) in [7, 11) is 0. The summed E-state index contributed by atoms with van der Waals surface area (Å²) in [5, 5.41) is 5.12. The Kier molecular flexibility index (Phi) is 5.39. The van der Waals surface area contributed by atoms with E-state index in [1.54, 1.807) is 11.3 Å². The molecule has 1 aromatic heterocycles. The molecule has 2 aliphatic heterocycles. The lowest BCUT2D eigenvalue weighted by Crippen LogP contribution is -2.47. The molecule has 1 atom stereocenters. The van der Waals surface area contributed by atoms with Crippen LogP contribution in [0.3, 0.4) is 0 Å². The molecular weight excluding hydrogens is 308 g/mol. The second kappa shape index (κ2) is 7.32. The van der Waals surface area contributed by atoms with Crippen molar-refractivity contribution in [3.8, 4) is 0 Å². The maximum absolute atomic E-state index is 12.3. The second-order valence-corrected chi connectivity index (χ2v) is 8.11. The van der Waals surface area contributed by atoms with Gasteiger partial charge >= 0.3 is 0 Å². The van der Waals surface area contributed by atoms with Crippen molar-refractivity contribution >= 4 is 17.2 Å². The van der Waals surface area contributed by atoms with Crippen LogP contribution in [0.15, 0.2) is 17.5 Å². The molecule has 0 bridgehead atoms. The molecule has 23 heavy (non-hydrogen) atoms. The topological polar surface area (TPSA) is 41.6 Å². The van der Waals surface area contributed by atoms with Crippen LogP contribution in [0.5, 0.6) is 0 Å². The first-order valence-corrected chi connectivity index (χ1v) is 9.68. The molecule has 4 nitrogen and oxygen atoms in total. The van der Waals surface area contributed by atoms with Gasteiger partial charge in [-0.15, -0.1) is 11.3 Å². The Morgan fingerprint density at radius 3 is 2.87 bits per heavy atom. The first kappa shape index (κ1) is 16.9. The van der Waals surface area contributed by atoms with Gasteiger partial charge in [0.1, 0.15) is 6.10 Å². The van der Waals surface area contributed by atoms with Gasteiger partial charge in [-0.1, -0.05) is 6.07 Å². The van der Waals surface area contributed by atoms with Crippen molar-refractivity contribution < 1.29 is 9.53 Å². The van der Waals surface area contributed by atoms with Crippen LogP contribution < -0.4 is 5.32 Å². The molecule has 1 spiro atoms. The van der Waals surface area contributed by atoms with Crippen LogP contribution in [-0.2, 0) is 16.0 Å². The highest BCUT2D eigenvalue weighted by molar-refractivity contribution is 7.09. The fourth-order valence-electron chi connectivity index (χ4n) is 3.69. The number of ether oxygens (including phenoxy) is 1. The molecule has 3 rings (SSSR count). The van der Waals surface area contributed by atoms with E-state index in [1.807, 2.05) is 0 Å². The van der Waals surface area contributed by atoms with Crippen molar-refractivity contribution in [1.29, 1.82) is 0 Å². The minimum absolute atomic E-state index is 0.0405. The van der Waals surface area contributed by atoms with E-state index in [1.165, 1.54) is 4.88 Å². The van der Waals surface area contributed by atoms with Crippen molar-refractivity contribution in [3.63, 3.8) is 0 Å². The highest BCUT2D eigenvalue weighted by atomic mass is 32.1. The number of carbonyl (C=O) groups excluding carboxylic acids is 1.